The summed E-state index contributed by atoms with van der Waals surface area (Å²) in [7, 11) is 0. The summed E-state index contributed by atoms with van der Waals surface area (Å²) in [4.78, 5) is 21.5. The molecular weight excluding hydrogens is 422 g/mol. The van der Waals surface area contributed by atoms with Crippen LogP contribution in [-0.4, -0.2) is 15.8 Å². The number of rotatable bonds is 6. The van der Waals surface area contributed by atoms with Crippen molar-refractivity contribution >= 4 is 23.4 Å². The first-order valence-electron chi connectivity index (χ1n) is 11.0. The fourth-order valence-corrected chi connectivity index (χ4v) is 3.56. The summed E-state index contributed by atoms with van der Waals surface area (Å²) in [5.74, 6) is 1.17. The zero-order valence-corrected chi connectivity index (χ0v) is 20.1. The maximum Gasteiger partial charge on any atom is 0.178 e. The molecule has 0 aliphatic rings. The van der Waals surface area contributed by atoms with E-state index < -0.39 is 5.41 Å². The molecule has 0 aliphatic heterocycles. The second kappa shape index (κ2) is 10.1. The largest absolute Gasteiger partial charge is 0.340 e. The number of carbonyl (C=O) groups excluding carboxylic acids is 1. The number of carbonyl (C=O) groups is 1. The van der Waals surface area contributed by atoms with Gasteiger partial charge in [-0.05, 0) is 72.5 Å². The Labute approximate surface area is 200 Å². The van der Waals surface area contributed by atoms with Crippen molar-refractivity contribution in [2.24, 2.45) is 5.41 Å². The fourth-order valence-electron chi connectivity index (χ4n) is 3.56. The molecular formula is C28H27N5O. The molecule has 1 N–H and O–H groups in total. The fraction of sp³-hybridized carbons (Fsp3) is 0.250. The Morgan fingerprint density at radius 1 is 1.06 bits per heavy atom. The van der Waals surface area contributed by atoms with Gasteiger partial charge in [0.1, 0.15) is 17.7 Å². The van der Waals surface area contributed by atoms with Crippen molar-refractivity contribution in [3.05, 3.63) is 87.9 Å². The summed E-state index contributed by atoms with van der Waals surface area (Å²) in [6, 6.07) is 17.2. The second-order valence-electron chi connectivity index (χ2n) is 9.25. The highest BCUT2D eigenvalue weighted by atomic mass is 16.1. The quantitative estimate of drug-likeness (QED) is 0.376. The second-order valence-corrected chi connectivity index (χ2v) is 9.25. The first kappa shape index (κ1) is 24.4. The van der Waals surface area contributed by atoms with Crippen molar-refractivity contribution in [3.8, 4) is 12.1 Å². The van der Waals surface area contributed by atoms with E-state index in [4.69, 9.17) is 5.26 Å². The van der Waals surface area contributed by atoms with Crippen LogP contribution in [0.15, 0.2) is 54.2 Å². The molecule has 1 aromatic heterocycles. The molecule has 0 atom stereocenters. The van der Waals surface area contributed by atoms with Crippen LogP contribution in [0.1, 0.15) is 54.4 Å². The van der Waals surface area contributed by atoms with Crippen LogP contribution in [0.25, 0.3) is 6.08 Å². The third-order valence-corrected chi connectivity index (χ3v) is 5.32. The summed E-state index contributed by atoms with van der Waals surface area (Å²) in [6.07, 6.45) is 3.92. The van der Waals surface area contributed by atoms with E-state index in [2.05, 4.69) is 21.4 Å². The highest BCUT2D eigenvalue weighted by Gasteiger charge is 2.25. The number of benzene rings is 2. The van der Waals surface area contributed by atoms with Crippen LogP contribution in [-0.2, 0) is 11.2 Å². The van der Waals surface area contributed by atoms with Gasteiger partial charge in [-0.2, -0.15) is 10.5 Å². The van der Waals surface area contributed by atoms with E-state index >= 15 is 0 Å². The zero-order chi connectivity index (χ0) is 24.9. The van der Waals surface area contributed by atoms with E-state index in [0.29, 0.717) is 23.6 Å². The SMILES string of the molecule is Cc1cc(/C=C(/C#N)C(=O)C(C)(C)C)cc(C)c1Nc1ccnc(Cc2ccc(C#N)cc2)n1. The van der Waals surface area contributed by atoms with Gasteiger partial charge in [0.2, 0.25) is 0 Å². The van der Waals surface area contributed by atoms with Crippen molar-refractivity contribution in [2.75, 3.05) is 5.32 Å². The number of allylic oxidation sites excluding steroid dienone is 1. The molecule has 3 rings (SSSR count). The predicted octanol–water partition coefficient (Wildman–Crippen LogP) is 5.82. The lowest BCUT2D eigenvalue weighted by atomic mass is 9.86. The van der Waals surface area contributed by atoms with Crippen molar-refractivity contribution in [3.63, 3.8) is 0 Å². The van der Waals surface area contributed by atoms with E-state index in [1.54, 1.807) is 45.2 Å². The Morgan fingerprint density at radius 3 is 2.26 bits per heavy atom. The summed E-state index contributed by atoms with van der Waals surface area (Å²) >= 11 is 0. The first-order valence-corrected chi connectivity index (χ1v) is 11.0. The molecule has 34 heavy (non-hydrogen) atoms. The molecule has 0 unspecified atom stereocenters. The van der Waals surface area contributed by atoms with Gasteiger partial charge in [0.05, 0.1) is 17.2 Å². The molecule has 0 aliphatic carbocycles. The van der Waals surface area contributed by atoms with Crippen molar-refractivity contribution in [1.82, 2.24) is 9.97 Å². The van der Waals surface area contributed by atoms with Gasteiger partial charge in [-0.25, -0.2) is 9.97 Å². The van der Waals surface area contributed by atoms with Crippen LogP contribution >= 0.6 is 0 Å². The molecule has 6 nitrogen and oxygen atoms in total. The Morgan fingerprint density at radius 2 is 1.71 bits per heavy atom. The maximum atomic E-state index is 12.5. The Bertz CT molecular complexity index is 1310. The molecule has 1 heterocycles. The number of aromatic nitrogens is 2. The van der Waals surface area contributed by atoms with E-state index in [9.17, 15) is 10.1 Å². The standard InChI is InChI=1S/C28H27N5O/c1-18-12-22(14-23(17-30)27(34)28(3,4)5)13-19(2)26(18)33-24-10-11-31-25(32-24)15-20-6-8-21(16-29)9-7-20/h6-14H,15H2,1-5H3,(H,31,32,33)/b23-14-. The summed E-state index contributed by atoms with van der Waals surface area (Å²) in [5, 5.41) is 21.8. The summed E-state index contributed by atoms with van der Waals surface area (Å²) in [6.45, 7) is 9.37. The Hall–Kier alpha value is -4.29. The van der Waals surface area contributed by atoms with Gasteiger partial charge in [-0.3, -0.25) is 4.79 Å². The Balaban J connectivity index is 1.83. The molecule has 2 aromatic carbocycles. The lowest BCUT2D eigenvalue weighted by molar-refractivity contribution is -0.121. The minimum Gasteiger partial charge on any atom is -0.340 e. The molecule has 170 valence electrons. The molecule has 0 saturated heterocycles. The lowest BCUT2D eigenvalue weighted by Crippen LogP contribution is -2.21. The van der Waals surface area contributed by atoms with Gasteiger partial charge in [-0.1, -0.05) is 32.9 Å². The van der Waals surface area contributed by atoms with Crippen LogP contribution in [0.2, 0.25) is 0 Å². The van der Waals surface area contributed by atoms with E-state index in [0.717, 1.165) is 27.9 Å². The number of nitrogens with zero attached hydrogens (tertiary/aromatic N) is 4. The predicted molar refractivity (Wildman–Crippen MR) is 133 cm³/mol. The van der Waals surface area contributed by atoms with Gasteiger partial charge in [0.25, 0.3) is 0 Å². The van der Waals surface area contributed by atoms with Crippen LogP contribution in [0.5, 0.6) is 0 Å². The van der Waals surface area contributed by atoms with Crippen LogP contribution in [0.4, 0.5) is 11.5 Å². The Kier molecular flexibility index (Phi) is 7.24. The number of anilines is 2. The monoisotopic (exact) mass is 449 g/mol. The van der Waals surface area contributed by atoms with Crippen molar-refractivity contribution < 1.29 is 4.79 Å². The molecule has 0 fully saturated rings. The highest BCUT2D eigenvalue weighted by Crippen LogP contribution is 2.28. The number of nitrogens with one attached hydrogen (secondary N) is 1. The zero-order valence-electron chi connectivity index (χ0n) is 20.1. The molecule has 0 bridgehead atoms. The summed E-state index contributed by atoms with van der Waals surface area (Å²) < 4.78 is 0. The molecule has 0 spiro atoms. The number of nitriles is 2. The maximum absolute atomic E-state index is 12.5. The minimum atomic E-state index is -0.615. The van der Waals surface area contributed by atoms with Gasteiger partial charge in [0, 0.05) is 23.7 Å². The number of hydrogen-bond acceptors (Lipinski definition) is 6. The smallest absolute Gasteiger partial charge is 0.178 e. The van der Waals surface area contributed by atoms with Crippen molar-refractivity contribution in [2.45, 2.75) is 41.0 Å². The van der Waals surface area contributed by atoms with Gasteiger partial charge < -0.3 is 5.32 Å². The van der Waals surface area contributed by atoms with Gasteiger partial charge in [0.15, 0.2) is 5.78 Å². The van der Waals surface area contributed by atoms with Crippen LogP contribution in [0.3, 0.4) is 0 Å². The average molecular weight is 450 g/mol. The molecule has 0 saturated carbocycles. The van der Waals surface area contributed by atoms with E-state index in [1.165, 1.54) is 0 Å². The molecule has 0 amide bonds. The minimum absolute atomic E-state index is 0.148. The molecule has 3 aromatic rings. The average Bonchev–Trinajstić information content (AvgIpc) is 2.79. The number of aryl methyl sites for hydroxylation is 2. The number of ketones is 1. The van der Waals surface area contributed by atoms with Gasteiger partial charge in [-0.15, -0.1) is 0 Å². The third-order valence-electron chi connectivity index (χ3n) is 5.32. The molecule has 6 heteroatoms. The number of hydrogen-bond donors (Lipinski definition) is 1. The van der Waals surface area contributed by atoms with E-state index in [-0.39, 0.29) is 11.4 Å². The van der Waals surface area contributed by atoms with E-state index in [1.807, 2.05) is 50.2 Å². The highest BCUT2D eigenvalue weighted by molar-refractivity contribution is 6.06. The molecule has 0 radical (unpaired) electrons. The van der Waals surface area contributed by atoms with Crippen LogP contribution in [0, 0.1) is 41.9 Å². The summed E-state index contributed by atoms with van der Waals surface area (Å²) in [5.41, 5.74) is 4.84. The first-order chi connectivity index (χ1) is 16.1. The normalized spacial score (nSPS) is 11.4. The topological polar surface area (TPSA) is 102 Å². The lowest BCUT2D eigenvalue weighted by Gasteiger charge is -2.16. The third kappa shape index (κ3) is 5.94. The van der Waals surface area contributed by atoms with Gasteiger partial charge >= 0.3 is 0 Å². The van der Waals surface area contributed by atoms with Crippen molar-refractivity contribution in [1.29, 1.82) is 10.5 Å². The van der Waals surface area contributed by atoms with Crippen LogP contribution < -0.4 is 5.32 Å². The number of Topliss-reactive ketones (excluding diaryl/α,β-unsaturated/α-hetero) is 1.